The van der Waals surface area contributed by atoms with Gasteiger partial charge in [-0.15, -0.1) is 0 Å². The van der Waals surface area contributed by atoms with Gasteiger partial charge in [-0.05, 0) is 37.5 Å². The van der Waals surface area contributed by atoms with Gasteiger partial charge in [0.2, 0.25) is 5.91 Å². The third-order valence-corrected chi connectivity index (χ3v) is 3.18. The van der Waals surface area contributed by atoms with E-state index in [1.807, 2.05) is 24.3 Å². The minimum atomic E-state index is -0.968. The molecule has 1 aromatic rings. The second-order valence-corrected chi connectivity index (χ2v) is 6.49. The highest BCUT2D eigenvalue weighted by molar-refractivity contribution is 5.80. The summed E-state index contributed by atoms with van der Waals surface area (Å²) in [5.74, 6) is 0.123. The molecule has 0 saturated carbocycles. The number of hydrogen-bond acceptors (Lipinski definition) is 3. The first kappa shape index (κ1) is 18.0. The number of carboxylic acids is 1. The maximum atomic E-state index is 11.8. The van der Waals surface area contributed by atoms with Crippen molar-refractivity contribution in [2.75, 3.05) is 13.2 Å². The van der Waals surface area contributed by atoms with Gasteiger partial charge in [0.25, 0.3) is 0 Å². The lowest BCUT2D eigenvalue weighted by molar-refractivity contribution is -0.146. The molecule has 0 aliphatic carbocycles. The molecule has 0 bridgehead atoms. The molecule has 1 amide bonds. The molecule has 1 rings (SSSR count). The van der Waals surface area contributed by atoms with Crippen LogP contribution in [0.2, 0.25) is 0 Å². The number of benzene rings is 1. The Morgan fingerprint density at radius 1 is 1.23 bits per heavy atom. The summed E-state index contributed by atoms with van der Waals surface area (Å²) in [7, 11) is 0. The molecule has 0 aromatic heterocycles. The number of ether oxygens (including phenoxy) is 1. The molecule has 0 aliphatic heterocycles. The minimum absolute atomic E-state index is 0.108. The lowest BCUT2D eigenvalue weighted by atomic mass is 9.94. The molecule has 22 heavy (non-hydrogen) atoms. The molecule has 0 radical (unpaired) electrons. The van der Waals surface area contributed by atoms with Crippen molar-refractivity contribution < 1.29 is 19.4 Å². The van der Waals surface area contributed by atoms with E-state index in [0.717, 1.165) is 11.3 Å². The topological polar surface area (TPSA) is 75.6 Å². The van der Waals surface area contributed by atoms with Crippen molar-refractivity contribution in [1.82, 2.24) is 5.32 Å². The van der Waals surface area contributed by atoms with Crippen LogP contribution < -0.4 is 10.1 Å². The van der Waals surface area contributed by atoms with Crippen LogP contribution in [0.4, 0.5) is 0 Å². The number of carbonyl (C=O) groups is 2. The largest absolute Gasteiger partial charge is 0.493 e. The second-order valence-electron chi connectivity index (χ2n) is 6.49. The summed E-state index contributed by atoms with van der Waals surface area (Å²) in [4.78, 5) is 22.8. The van der Waals surface area contributed by atoms with Crippen molar-refractivity contribution in [3.05, 3.63) is 29.8 Å². The Kier molecular flexibility index (Phi) is 6.40. The molecule has 0 fully saturated rings. The number of carboxylic acid groups (broad SMARTS) is 1. The number of amides is 1. The van der Waals surface area contributed by atoms with Crippen molar-refractivity contribution in [1.29, 1.82) is 0 Å². The number of hydrogen-bond donors (Lipinski definition) is 2. The summed E-state index contributed by atoms with van der Waals surface area (Å²) in [5, 5.41) is 11.7. The fourth-order valence-electron chi connectivity index (χ4n) is 1.61. The highest BCUT2D eigenvalue weighted by atomic mass is 16.5. The van der Waals surface area contributed by atoms with E-state index < -0.39 is 11.4 Å². The van der Waals surface area contributed by atoms with E-state index in [1.54, 1.807) is 13.8 Å². The Balaban J connectivity index is 2.46. The number of carbonyl (C=O) groups excluding carboxylic acids is 1. The van der Waals surface area contributed by atoms with E-state index in [9.17, 15) is 9.59 Å². The average Bonchev–Trinajstić information content (AvgIpc) is 2.44. The summed E-state index contributed by atoms with van der Waals surface area (Å²) >= 11 is 0. The summed E-state index contributed by atoms with van der Waals surface area (Å²) in [6, 6.07) is 7.37. The van der Waals surface area contributed by atoms with E-state index >= 15 is 0 Å². The first-order chi connectivity index (χ1) is 10.2. The number of aliphatic carboxylic acids is 1. The van der Waals surface area contributed by atoms with Crippen molar-refractivity contribution in [3.8, 4) is 5.75 Å². The minimum Gasteiger partial charge on any atom is -0.493 e. The van der Waals surface area contributed by atoms with Crippen molar-refractivity contribution in [2.24, 2.45) is 11.3 Å². The standard InChI is InChI=1S/C17H25NO4/c1-12(2)10-22-14-7-5-13(6-8-14)9-15(19)18-11-17(3,4)16(20)21/h5-8,12H,9-11H2,1-4H3,(H,18,19)(H,20,21). The van der Waals surface area contributed by atoms with Gasteiger partial charge in [0.15, 0.2) is 0 Å². The zero-order valence-corrected chi connectivity index (χ0v) is 13.7. The Bertz CT molecular complexity index is 506. The predicted octanol–water partition coefficient (Wildman–Crippen LogP) is 2.49. The summed E-state index contributed by atoms with van der Waals surface area (Å²) < 4.78 is 5.58. The van der Waals surface area contributed by atoms with Gasteiger partial charge in [0, 0.05) is 6.54 Å². The molecule has 0 atom stereocenters. The first-order valence-electron chi connectivity index (χ1n) is 7.42. The SMILES string of the molecule is CC(C)COc1ccc(CC(=O)NCC(C)(C)C(=O)O)cc1. The van der Waals surface area contributed by atoms with E-state index in [2.05, 4.69) is 19.2 Å². The molecule has 0 spiro atoms. The number of rotatable bonds is 8. The molecular formula is C17H25NO4. The summed E-state index contributed by atoms with van der Waals surface area (Å²) in [6.45, 7) is 8.09. The molecule has 0 heterocycles. The predicted molar refractivity (Wildman–Crippen MR) is 84.9 cm³/mol. The van der Waals surface area contributed by atoms with E-state index in [1.165, 1.54) is 0 Å². The van der Waals surface area contributed by atoms with Crippen LogP contribution in [0.5, 0.6) is 5.75 Å². The Labute approximate surface area is 131 Å². The monoisotopic (exact) mass is 307 g/mol. The first-order valence-corrected chi connectivity index (χ1v) is 7.42. The fraction of sp³-hybridized carbons (Fsp3) is 0.529. The van der Waals surface area contributed by atoms with E-state index in [-0.39, 0.29) is 18.9 Å². The highest BCUT2D eigenvalue weighted by Gasteiger charge is 2.27. The van der Waals surface area contributed by atoms with Crippen molar-refractivity contribution >= 4 is 11.9 Å². The lowest BCUT2D eigenvalue weighted by Crippen LogP contribution is -2.39. The third kappa shape index (κ3) is 6.16. The zero-order chi connectivity index (χ0) is 16.8. The van der Waals surface area contributed by atoms with Gasteiger partial charge in [0.1, 0.15) is 5.75 Å². The van der Waals surface area contributed by atoms with Crippen molar-refractivity contribution in [3.63, 3.8) is 0 Å². The molecule has 122 valence electrons. The Hall–Kier alpha value is -2.04. The van der Waals surface area contributed by atoms with Gasteiger partial charge in [0.05, 0.1) is 18.4 Å². The van der Waals surface area contributed by atoms with Crippen LogP contribution in [-0.2, 0) is 16.0 Å². The van der Waals surface area contributed by atoms with Gasteiger partial charge in [-0.2, -0.15) is 0 Å². The highest BCUT2D eigenvalue weighted by Crippen LogP contribution is 2.15. The molecule has 1 aromatic carbocycles. The van der Waals surface area contributed by atoms with Crippen LogP contribution in [0.3, 0.4) is 0 Å². The third-order valence-electron chi connectivity index (χ3n) is 3.18. The quantitative estimate of drug-likeness (QED) is 0.773. The van der Waals surface area contributed by atoms with Crippen LogP contribution >= 0.6 is 0 Å². The Morgan fingerprint density at radius 2 is 1.82 bits per heavy atom. The van der Waals surface area contributed by atoms with Crippen LogP contribution in [0, 0.1) is 11.3 Å². The van der Waals surface area contributed by atoms with Crippen LogP contribution in [-0.4, -0.2) is 30.1 Å². The van der Waals surface area contributed by atoms with Gasteiger partial charge < -0.3 is 15.2 Å². The fourth-order valence-corrected chi connectivity index (χ4v) is 1.61. The van der Waals surface area contributed by atoms with Crippen LogP contribution in [0.15, 0.2) is 24.3 Å². The van der Waals surface area contributed by atoms with Gasteiger partial charge in [-0.1, -0.05) is 26.0 Å². The lowest BCUT2D eigenvalue weighted by Gasteiger charge is -2.19. The van der Waals surface area contributed by atoms with Crippen LogP contribution in [0.25, 0.3) is 0 Å². The van der Waals surface area contributed by atoms with Gasteiger partial charge >= 0.3 is 5.97 Å². The normalized spacial score (nSPS) is 11.3. The van der Waals surface area contributed by atoms with E-state index in [4.69, 9.17) is 9.84 Å². The van der Waals surface area contributed by atoms with Crippen molar-refractivity contribution in [2.45, 2.75) is 34.1 Å². The summed E-state index contributed by atoms with van der Waals surface area (Å²) in [6.07, 6.45) is 0.222. The molecular weight excluding hydrogens is 282 g/mol. The number of nitrogens with one attached hydrogen (secondary N) is 1. The van der Waals surface area contributed by atoms with Gasteiger partial charge in [-0.25, -0.2) is 0 Å². The second kappa shape index (κ2) is 7.82. The van der Waals surface area contributed by atoms with Gasteiger partial charge in [-0.3, -0.25) is 9.59 Å². The van der Waals surface area contributed by atoms with E-state index in [0.29, 0.717) is 12.5 Å². The average molecular weight is 307 g/mol. The molecule has 0 unspecified atom stereocenters. The maximum absolute atomic E-state index is 11.8. The summed E-state index contributed by atoms with van der Waals surface area (Å²) in [5.41, 5.74) is -0.105. The smallest absolute Gasteiger partial charge is 0.310 e. The molecule has 5 heteroatoms. The zero-order valence-electron chi connectivity index (χ0n) is 13.7. The molecule has 5 nitrogen and oxygen atoms in total. The van der Waals surface area contributed by atoms with Crippen LogP contribution in [0.1, 0.15) is 33.3 Å². The molecule has 2 N–H and O–H groups in total. The maximum Gasteiger partial charge on any atom is 0.310 e. The molecule has 0 aliphatic rings. The Morgan fingerprint density at radius 3 is 2.32 bits per heavy atom. The molecule has 0 saturated heterocycles.